The van der Waals surface area contributed by atoms with Gasteiger partial charge in [0.2, 0.25) is 0 Å². The lowest BCUT2D eigenvalue weighted by atomic mass is 9.34. The van der Waals surface area contributed by atoms with Crippen LogP contribution in [-0.4, -0.2) is 22.8 Å². The molecule has 8 unspecified atom stereocenters. The standard InChI is InChI=1S/C29H44O3/c1-24(2)20-9-12-28(6)21(26(20,4)11-10-22(24)30)8-7-18-19-17-25(3)13-15-29(19,23(31)32-25)16-14-27(18,28)5/h20-22,30H,7-17H2,1-6H3. The molecule has 7 rings (SSSR count). The van der Waals surface area contributed by atoms with E-state index in [9.17, 15) is 9.90 Å². The summed E-state index contributed by atoms with van der Waals surface area (Å²) in [7, 11) is 0. The predicted molar refractivity (Wildman–Crippen MR) is 126 cm³/mol. The normalized spacial score (nSPS) is 56.0. The highest BCUT2D eigenvalue weighted by Crippen LogP contribution is 2.76. The van der Waals surface area contributed by atoms with Crippen LogP contribution < -0.4 is 0 Å². The number of hydrogen-bond donors (Lipinski definition) is 1. The highest BCUT2D eigenvalue weighted by Gasteiger charge is 2.69. The van der Waals surface area contributed by atoms with Crippen LogP contribution in [-0.2, 0) is 9.53 Å². The molecule has 178 valence electrons. The minimum absolute atomic E-state index is 0.00543. The Balaban J connectivity index is 1.46. The number of ether oxygens (including phenoxy) is 1. The number of carbonyl (C=O) groups excluding carboxylic acids is 1. The van der Waals surface area contributed by atoms with Crippen LogP contribution in [0.15, 0.2) is 11.1 Å². The number of aliphatic hydroxyl groups is 1. The highest BCUT2D eigenvalue weighted by molar-refractivity contribution is 5.84. The van der Waals surface area contributed by atoms with Gasteiger partial charge < -0.3 is 9.84 Å². The molecular weight excluding hydrogens is 396 g/mol. The first-order valence-electron chi connectivity index (χ1n) is 13.5. The summed E-state index contributed by atoms with van der Waals surface area (Å²) in [4.78, 5) is 13.2. The molecule has 1 N–H and O–H groups in total. The second-order valence-electron chi connectivity index (χ2n) is 14.4. The van der Waals surface area contributed by atoms with Crippen molar-refractivity contribution < 1.29 is 14.6 Å². The van der Waals surface area contributed by atoms with Crippen molar-refractivity contribution in [2.75, 3.05) is 0 Å². The van der Waals surface area contributed by atoms with Gasteiger partial charge in [-0.25, -0.2) is 0 Å². The third kappa shape index (κ3) is 2.26. The largest absolute Gasteiger partial charge is 0.458 e. The number of carbonyl (C=O) groups is 1. The van der Waals surface area contributed by atoms with Gasteiger partial charge in [0, 0.05) is 6.42 Å². The van der Waals surface area contributed by atoms with E-state index < -0.39 is 0 Å². The van der Waals surface area contributed by atoms with Crippen LogP contribution in [0.4, 0.5) is 0 Å². The van der Waals surface area contributed by atoms with Gasteiger partial charge in [0.15, 0.2) is 0 Å². The lowest BCUT2D eigenvalue weighted by Gasteiger charge is -2.71. The Bertz CT molecular complexity index is 917. The molecule has 7 aliphatic rings. The monoisotopic (exact) mass is 440 g/mol. The van der Waals surface area contributed by atoms with E-state index in [0.717, 1.165) is 38.5 Å². The van der Waals surface area contributed by atoms with Gasteiger partial charge in [0.25, 0.3) is 0 Å². The van der Waals surface area contributed by atoms with Crippen LogP contribution in [0.1, 0.15) is 112 Å². The van der Waals surface area contributed by atoms with E-state index >= 15 is 0 Å². The summed E-state index contributed by atoms with van der Waals surface area (Å²) in [5.74, 6) is 1.39. The van der Waals surface area contributed by atoms with Crippen LogP contribution >= 0.6 is 0 Å². The predicted octanol–water partition coefficient (Wildman–Crippen LogP) is 6.58. The first-order chi connectivity index (χ1) is 14.8. The second-order valence-corrected chi connectivity index (χ2v) is 14.4. The molecule has 5 aliphatic carbocycles. The molecule has 2 bridgehead atoms. The van der Waals surface area contributed by atoms with Crippen LogP contribution in [0, 0.1) is 38.9 Å². The minimum Gasteiger partial charge on any atom is -0.458 e. The van der Waals surface area contributed by atoms with Crippen molar-refractivity contribution in [3.8, 4) is 0 Å². The summed E-state index contributed by atoms with van der Waals surface area (Å²) in [5.41, 5.74) is 3.40. The molecule has 8 atom stereocenters. The number of rotatable bonds is 0. The number of aliphatic hydroxyl groups excluding tert-OH is 1. The summed E-state index contributed by atoms with van der Waals surface area (Å²) in [5, 5.41) is 10.9. The fourth-order valence-corrected chi connectivity index (χ4v) is 10.8. The quantitative estimate of drug-likeness (QED) is 0.342. The van der Waals surface area contributed by atoms with Crippen molar-refractivity contribution in [1.82, 2.24) is 0 Å². The van der Waals surface area contributed by atoms with Crippen molar-refractivity contribution >= 4 is 5.97 Å². The zero-order valence-electron chi connectivity index (χ0n) is 21.3. The highest BCUT2D eigenvalue weighted by atomic mass is 16.6. The third-order valence-corrected chi connectivity index (χ3v) is 13.0. The van der Waals surface area contributed by atoms with Gasteiger partial charge in [0.05, 0.1) is 11.5 Å². The van der Waals surface area contributed by atoms with Crippen molar-refractivity contribution in [3.63, 3.8) is 0 Å². The van der Waals surface area contributed by atoms with E-state index in [1.165, 1.54) is 37.7 Å². The molecule has 3 heteroatoms. The molecular formula is C29H44O3. The van der Waals surface area contributed by atoms with E-state index in [-0.39, 0.29) is 39.3 Å². The number of fused-ring (bicyclic) bond motifs is 7. The summed E-state index contributed by atoms with van der Waals surface area (Å²) < 4.78 is 6.00. The molecule has 0 aromatic rings. The number of allylic oxidation sites excluding steroid dienone is 1. The van der Waals surface area contributed by atoms with Gasteiger partial charge in [0.1, 0.15) is 5.60 Å². The molecule has 2 aliphatic heterocycles. The minimum atomic E-state index is -0.298. The first-order valence-corrected chi connectivity index (χ1v) is 13.5. The van der Waals surface area contributed by atoms with E-state index in [2.05, 4.69) is 41.5 Å². The van der Waals surface area contributed by atoms with E-state index in [4.69, 9.17) is 4.74 Å². The second kappa shape index (κ2) is 6.04. The lowest BCUT2D eigenvalue weighted by Crippen LogP contribution is -2.65. The molecule has 2 saturated heterocycles. The summed E-state index contributed by atoms with van der Waals surface area (Å²) in [6.45, 7) is 14.6. The zero-order valence-corrected chi connectivity index (χ0v) is 21.3. The molecule has 6 fully saturated rings. The third-order valence-electron chi connectivity index (χ3n) is 13.0. The van der Waals surface area contributed by atoms with Crippen molar-refractivity contribution in [3.05, 3.63) is 11.1 Å². The Morgan fingerprint density at radius 1 is 0.812 bits per heavy atom. The molecule has 0 aromatic carbocycles. The Morgan fingerprint density at radius 3 is 2.25 bits per heavy atom. The van der Waals surface area contributed by atoms with E-state index in [1.807, 2.05) is 0 Å². The fraction of sp³-hybridized carbons (Fsp3) is 0.897. The zero-order chi connectivity index (χ0) is 22.9. The van der Waals surface area contributed by atoms with Gasteiger partial charge >= 0.3 is 5.97 Å². The van der Waals surface area contributed by atoms with Gasteiger partial charge in [-0.1, -0.05) is 40.2 Å². The van der Waals surface area contributed by atoms with Crippen molar-refractivity contribution in [1.29, 1.82) is 0 Å². The van der Waals surface area contributed by atoms with Gasteiger partial charge in [-0.05, 0) is 110 Å². The summed E-state index contributed by atoms with van der Waals surface area (Å²) in [6.07, 6.45) is 12.0. The Morgan fingerprint density at radius 2 is 1.53 bits per heavy atom. The molecule has 0 radical (unpaired) electrons. The number of esters is 1. The Labute approximate surface area is 194 Å². The fourth-order valence-electron chi connectivity index (χ4n) is 10.8. The maximum Gasteiger partial charge on any atom is 0.316 e. The maximum atomic E-state index is 13.2. The number of hydrogen-bond acceptors (Lipinski definition) is 3. The van der Waals surface area contributed by atoms with Gasteiger partial charge in [-0.3, -0.25) is 4.79 Å². The molecule has 0 aromatic heterocycles. The van der Waals surface area contributed by atoms with Gasteiger partial charge in [-0.15, -0.1) is 0 Å². The Hall–Kier alpha value is -0.830. The summed E-state index contributed by atoms with van der Waals surface area (Å²) in [6, 6.07) is 0. The first kappa shape index (κ1) is 21.7. The van der Waals surface area contributed by atoms with Gasteiger partial charge in [-0.2, -0.15) is 0 Å². The molecule has 1 spiro atoms. The van der Waals surface area contributed by atoms with Crippen molar-refractivity contribution in [2.24, 2.45) is 38.9 Å². The Kier molecular flexibility index (Phi) is 4.10. The van der Waals surface area contributed by atoms with Crippen LogP contribution in [0.25, 0.3) is 0 Å². The summed E-state index contributed by atoms with van der Waals surface area (Å²) >= 11 is 0. The molecule has 2 heterocycles. The topological polar surface area (TPSA) is 46.5 Å². The van der Waals surface area contributed by atoms with Crippen molar-refractivity contribution in [2.45, 2.75) is 124 Å². The SMILES string of the molecule is CC12CCC3(CCC4(C)C(=C3C1)CCC1C3(C)CCC(O)C(C)(C)C3CCC14C)C(=O)O2. The average Bonchev–Trinajstić information content (AvgIpc) is 2.71. The van der Waals surface area contributed by atoms with Crippen LogP contribution in [0.2, 0.25) is 0 Å². The average molecular weight is 441 g/mol. The maximum absolute atomic E-state index is 13.2. The lowest BCUT2D eigenvalue weighted by molar-refractivity contribution is -0.212. The van der Waals surface area contributed by atoms with Crippen LogP contribution in [0.5, 0.6) is 0 Å². The smallest absolute Gasteiger partial charge is 0.316 e. The molecule has 0 amide bonds. The molecule has 32 heavy (non-hydrogen) atoms. The molecule has 3 nitrogen and oxygen atoms in total. The van der Waals surface area contributed by atoms with E-state index in [0.29, 0.717) is 17.3 Å². The molecule has 4 saturated carbocycles. The van der Waals surface area contributed by atoms with E-state index in [1.54, 1.807) is 5.57 Å². The van der Waals surface area contributed by atoms with Crippen LogP contribution in [0.3, 0.4) is 0 Å².